The highest BCUT2D eigenvalue weighted by atomic mass is 16.4. The van der Waals surface area contributed by atoms with Crippen molar-refractivity contribution in [2.75, 3.05) is 6.54 Å². The first-order valence-corrected chi connectivity index (χ1v) is 4.02. The van der Waals surface area contributed by atoms with Gasteiger partial charge < -0.3 is 5.11 Å². The fraction of sp³-hybridized carbons (Fsp3) is 0.667. The molecule has 0 radical (unpaired) electrons. The Morgan fingerprint density at radius 1 is 1.83 bits per heavy atom. The summed E-state index contributed by atoms with van der Waals surface area (Å²) in [7, 11) is 0. The van der Waals surface area contributed by atoms with Gasteiger partial charge in [0, 0.05) is 0 Å². The average Bonchev–Trinajstić information content (AvgIpc) is 1.95. The van der Waals surface area contributed by atoms with Crippen LogP contribution in [0.1, 0.15) is 19.8 Å². The van der Waals surface area contributed by atoms with Crippen molar-refractivity contribution < 1.29 is 9.90 Å². The van der Waals surface area contributed by atoms with Crippen LogP contribution in [0.5, 0.6) is 0 Å². The molecule has 0 bridgehead atoms. The Labute approximate surface area is 72.2 Å². The molecule has 0 heterocycles. The molecule has 0 amide bonds. The van der Waals surface area contributed by atoms with E-state index in [2.05, 4.69) is 11.2 Å². The van der Waals surface area contributed by atoms with E-state index in [1.54, 1.807) is 0 Å². The highest BCUT2D eigenvalue weighted by molar-refractivity contribution is 5.80. The summed E-state index contributed by atoms with van der Waals surface area (Å²) in [5, 5.41) is 11.8. The van der Waals surface area contributed by atoms with Gasteiger partial charge in [0.1, 0.15) is 5.54 Å². The summed E-state index contributed by atoms with van der Waals surface area (Å²) in [4.78, 5) is 10.8. The van der Waals surface area contributed by atoms with Gasteiger partial charge >= 0.3 is 5.97 Å². The first-order valence-electron chi connectivity index (χ1n) is 4.02. The smallest absolute Gasteiger partial charge is 0.323 e. The number of carboxylic acid groups (broad SMARTS) is 1. The second kappa shape index (κ2) is 3.16. The predicted molar refractivity (Wildman–Crippen MR) is 45.6 cm³/mol. The number of terminal acetylenes is 1. The van der Waals surface area contributed by atoms with Crippen molar-refractivity contribution in [1.29, 1.82) is 0 Å². The molecule has 0 unspecified atom stereocenters. The van der Waals surface area contributed by atoms with Crippen molar-refractivity contribution in [3.05, 3.63) is 0 Å². The van der Waals surface area contributed by atoms with E-state index in [9.17, 15) is 4.79 Å². The Kier molecular flexibility index (Phi) is 2.39. The number of carbonyl (C=O) groups is 1. The lowest BCUT2D eigenvalue weighted by molar-refractivity contribution is -0.150. The molecule has 0 atom stereocenters. The molecule has 12 heavy (non-hydrogen) atoms. The van der Waals surface area contributed by atoms with E-state index in [4.69, 9.17) is 11.5 Å². The average molecular weight is 167 g/mol. The Bertz CT molecular complexity index is 223. The van der Waals surface area contributed by atoms with Crippen LogP contribution in [0.25, 0.3) is 0 Å². The van der Waals surface area contributed by atoms with Gasteiger partial charge in [-0.15, -0.1) is 6.42 Å². The summed E-state index contributed by atoms with van der Waals surface area (Å²) in [5.41, 5.74) is -0.730. The minimum absolute atomic E-state index is 0.332. The second-order valence-corrected chi connectivity index (χ2v) is 3.46. The number of carboxylic acids is 1. The number of aliphatic carboxylic acids is 1. The zero-order chi connectivity index (χ0) is 9.19. The van der Waals surface area contributed by atoms with Crippen molar-refractivity contribution in [2.45, 2.75) is 25.3 Å². The van der Waals surface area contributed by atoms with Crippen molar-refractivity contribution in [1.82, 2.24) is 5.32 Å². The number of nitrogens with one attached hydrogen (secondary N) is 1. The van der Waals surface area contributed by atoms with Crippen LogP contribution in [0.4, 0.5) is 0 Å². The monoisotopic (exact) mass is 167 g/mol. The molecule has 1 rings (SSSR count). The summed E-state index contributed by atoms with van der Waals surface area (Å²) in [6.45, 7) is 2.37. The highest BCUT2D eigenvalue weighted by Gasteiger charge is 2.47. The molecule has 1 aliphatic rings. The Morgan fingerprint density at radius 3 is 2.75 bits per heavy atom. The van der Waals surface area contributed by atoms with Crippen molar-refractivity contribution in [2.24, 2.45) is 5.92 Å². The SMILES string of the molecule is C#CCNC1(C(=O)O)CC(C)C1. The molecular weight excluding hydrogens is 154 g/mol. The third kappa shape index (κ3) is 1.44. The quantitative estimate of drug-likeness (QED) is 0.600. The zero-order valence-corrected chi connectivity index (χ0v) is 7.13. The number of rotatable bonds is 3. The van der Waals surface area contributed by atoms with Gasteiger partial charge in [0.2, 0.25) is 0 Å². The minimum atomic E-state index is -0.782. The van der Waals surface area contributed by atoms with Gasteiger partial charge in [0.25, 0.3) is 0 Å². The lowest BCUT2D eigenvalue weighted by Gasteiger charge is -2.43. The van der Waals surface area contributed by atoms with Crippen LogP contribution in [0.2, 0.25) is 0 Å². The normalized spacial score (nSPS) is 33.5. The van der Waals surface area contributed by atoms with E-state index in [1.807, 2.05) is 6.92 Å². The summed E-state index contributed by atoms with van der Waals surface area (Å²) in [6, 6.07) is 0. The summed E-state index contributed by atoms with van der Waals surface area (Å²) >= 11 is 0. The number of hydrogen-bond donors (Lipinski definition) is 2. The molecule has 2 N–H and O–H groups in total. The number of hydrogen-bond acceptors (Lipinski definition) is 2. The molecule has 0 spiro atoms. The van der Waals surface area contributed by atoms with Crippen molar-refractivity contribution in [3.63, 3.8) is 0 Å². The minimum Gasteiger partial charge on any atom is -0.480 e. The molecule has 0 saturated heterocycles. The summed E-state index contributed by atoms with van der Waals surface area (Å²) in [6.07, 6.45) is 6.41. The second-order valence-electron chi connectivity index (χ2n) is 3.46. The Balaban J connectivity index is 2.52. The van der Waals surface area contributed by atoms with Gasteiger partial charge in [0.15, 0.2) is 0 Å². The van der Waals surface area contributed by atoms with Gasteiger partial charge in [-0.05, 0) is 18.8 Å². The van der Waals surface area contributed by atoms with Gasteiger partial charge in [0.05, 0.1) is 6.54 Å². The van der Waals surface area contributed by atoms with Gasteiger partial charge in [-0.1, -0.05) is 12.8 Å². The highest BCUT2D eigenvalue weighted by Crippen LogP contribution is 2.37. The van der Waals surface area contributed by atoms with E-state index in [0.29, 0.717) is 25.3 Å². The maximum absolute atomic E-state index is 10.8. The van der Waals surface area contributed by atoms with E-state index in [0.717, 1.165) is 0 Å². The fourth-order valence-electron chi connectivity index (χ4n) is 1.74. The van der Waals surface area contributed by atoms with E-state index >= 15 is 0 Å². The Morgan fingerprint density at radius 2 is 2.42 bits per heavy atom. The molecule has 3 nitrogen and oxygen atoms in total. The van der Waals surface area contributed by atoms with Gasteiger partial charge in [-0.2, -0.15) is 0 Å². The maximum atomic E-state index is 10.8. The maximum Gasteiger partial charge on any atom is 0.323 e. The summed E-state index contributed by atoms with van der Waals surface area (Å²) < 4.78 is 0. The lowest BCUT2D eigenvalue weighted by atomic mass is 9.69. The van der Waals surface area contributed by atoms with E-state index in [1.165, 1.54) is 0 Å². The first-order chi connectivity index (χ1) is 5.60. The van der Waals surface area contributed by atoms with Crippen LogP contribution in [0.3, 0.4) is 0 Å². The molecule has 1 aliphatic carbocycles. The lowest BCUT2D eigenvalue weighted by Crippen LogP contribution is -2.60. The molecule has 0 aliphatic heterocycles. The van der Waals surface area contributed by atoms with Crippen molar-refractivity contribution >= 4 is 5.97 Å². The molecule has 1 saturated carbocycles. The van der Waals surface area contributed by atoms with Crippen molar-refractivity contribution in [3.8, 4) is 12.3 Å². The third-order valence-corrected chi connectivity index (χ3v) is 2.33. The molecular formula is C9H13NO2. The molecule has 1 fully saturated rings. The predicted octanol–water partition coefficient (Wildman–Crippen LogP) is 0.462. The van der Waals surface area contributed by atoms with E-state index < -0.39 is 11.5 Å². The standard InChI is InChI=1S/C9H13NO2/c1-3-4-10-9(8(11)12)5-7(2)6-9/h1,7,10H,4-6H2,2H3,(H,11,12). The van der Waals surface area contributed by atoms with Crippen LogP contribution in [-0.2, 0) is 4.79 Å². The molecule has 3 heteroatoms. The molecule has 66 valence electrons. The van der Waals surface area contributed by atoms with Crippen LogP contribution >= 0.6 is 0 Å². The zero-order valence-electron chi connectivity index (χ0n) is 7.13. The molecule has 0 aromatic rings. The largest absolute Gasteiger partial charge is 0.480 e. The fourth-order valence-corrected chi connectivity index (χ4v) is 1.74. The third-order valence-electron chi connectivity index (χ3n) is 2.33. The van der Waals surface area contributed by atoms with Crippen LogP contribution < -0.4 is 5.32 Å². The summed E-state index contributed by atoms with van der Waals surface area (Å²) in [5.74, 6) is 2.10. The van der Waals surface area contributed by atoms with Crippen LogP contribution in [-0.4, -0.2) is 23.2 Å². The van der Waals surface area contributed by atoms with E-state index in [-0.39, 0.29) is 0 Å². The van der Waals surface area contributed by atoms with Gasteiger partial charge in [-0.3, -0.25) is 10.1 Å². The Hall–Kier alpha value is -1.01. The topological polar surface area (TPSA) is 49.3 Å². The first kappa shape index (κ1) is 9.08. The van der Waals surface area contributed by atoms with Gasteiger partial charge in [-0.25, -0.2) is 0 Å². The molecule has 0 aromatic carbocycles. The van der Waals surface area contributed by atoms with Crippen LogP contribution in [0, 0.1) is 18.3 Å². The van der Waals surface area contributed by atoms with Crippen LogP contribution in [0.15, 0.2) is 0 Å². The molecule has 0 aromatic heterocycles.